The molecule has 1 saturated carbocycles. The molecule has 2 atom stereocenters. The standard InChI is InChI=1S/C32H44N4O6/c1-3-5-18-41-29(37)25-10-14-27(15-11-25)35-31(39)33-21-23-8-7-9-24(20-23)22-34-32(40)36-28-16-12-26(13-17-28)30(38)42-19-6-4-2/h10-17,23-24H,3-9,18-22H2,1-2H3,(H2,33,35,39)(H2,34,36,40)/t23-,24+. The minimum atomic E-state index is -0.367. The fourth-order valence-corrected chi connectivity index (χ4v) is 4.76. The minimum absolute atomic E-state index is 0.298. The van der Waals surface area contributed by atoms with E-state index in [1.165, 1.54) is 0 Å². The summed E-state index contributed by atoms with van der Waals surface area (Å²) < 4.78 is 10.4. The first-order valence-corrected chi connectivity index (χ1v) is 15.0. The maximum absolute atomic E-state index is 12.4. The molecule has 0 aromatic heterocycles. The van der Waals surface area contributed by atoms with E-state index in [1.807, 2.05) is 13.8 Å². The largest absolute Gasteiger partial charge is 0.462 e. The summed E-state index contributed by atoms with van der Waals surface area (Å²) in [6.45, 7) is 5.96. The number of carbonyl (C=O) groups is 4. The van der Waals surface area contributed by atoms with Crippen LogP contribution in [0.3, 0.4) is 0 Å². The van der Waals surface area contributed by atoms with E-state index in [-0.39, 0.29) is 24.0 Å². The van der Waals surface area contributed by atoms with Gasteiger partial charge in [0.15, 0.2) is 0 Å². The Morgan fingerprint density at radius 1 is 0.667 bits per heavy atom. The van der Waals surface area contributed by atoms with Crippen molar-refractivity contribution in [2.75, 3.05) is 36.9 Å². The number of anilines is 2. The topological polar surface area (TPSA) is 135 Å². The summed E-state index contributed by atoms with van der Waals surface area (Å²) in [5.41, 5.74) is 2.09. The summed E-state index contributed by atoms with van der Waals surface area (Å²) in [5, 5.41) is 11.5. The predicted octanol–water partition coefficient (Wildman–Crippen LogP) is 6.35. The molecule has 10 heteroatoms. The summed E-state index contributed by atoms with van der Waals surface area (Å²) in [7, 11) is 0. The normalized spacial score (nSPS) is 16.1. The van der Waals surface area contributed by atoms with Crippen molar-refractivity contribution in [3.8, 4) is 0 Å². The molecule has 0 radical (unpaired) electrons. The van der Waals surface area contributed by atoms with E-state index in [0.29, 0.717) is 60.6 Å². The van der Waals surface area contributed by atoms with Crippen LogP contribution in [0, 0.1) is 11.8 Å². The molecule has 0 heterocycles. The Balaban J connectivity index is 1.34. The number of ether oxygens (including phenoxy) is 2. The molecule has 3 rings (SSSR count). The van der Waals surface area contributed by atoms with Gasteiger partial charge in [0.2, 0.25) is 0 Å². The lowest BCUT2D eigenvalue weighted by Crippen LogP contribution is -2.38. The van der Waals surface area contributed by atoms with Gasteiger partial charge in [-0.2, -0.15) is 0 Å². The van der Waals surface area contributed by atoms with Crippen molar-refractivity contribution in [2.45, 2.75) is 65.2 Å². The Labute approximate surface area is 248 Å². The van der Waals surface area contributed by atoms with Gasteiger partial charge < -0.3 is 30.7 Å². The van der Waals surface area contributed by atoms with E-state index < -0.39 is 0 Å². The van der Waals surface area contributed by atoms with Gasteiger partial charge >= 0.3 is 24.0 Å². The van der Waals surface area contributed by atoms with Crippen molar-refractivity contribution >= 4 is 35.4 Å². The molecule has 228 valence electrons. The number of nitrogens with one attached hydrogen (secondary N) is 4. The van der Waals surface area contributed by atoms with Gasteiger partial charge in [0.25, 0.3) is 0 Å². The van der Waals surface area contributed by atoms with E-state index in [4.69, 9.17) is 9.47 Å². The fraction of sp³-hybridized carbons (Fsp3) is 0.500. The number of urea groups is 2. The molecule has 1 aliphatic carbocycles. The number of carbonyl (C=O) groups excluding carboxylic acids is 4. The second-order valence-electron chi connectivity index (χ2n) is 10.7. The quantitative estimate of drug-likeness (QED) is 0.152. The Morgan fingerprint density at radius 3 is 1.45 bits per heavy atom. The molecule has 0 unspecified atom stereocenters. The summed E-state index contributed by atoms with van der Waals surface area (Å²) in [4.78, 5) is 48.9. The van der Waals surface area contributed by atoms with E-state index >= 15 is 0 Å². The van der Waals surface area contributed by atoms with Crippen LogP contribution in [0.25, 0.3) is 0 Å². The third kappa shape index (κ3) is 11.4. The molecule has 4 N–H and O–H groups in total. The van der Waals surface area contributed by atoms with Crippen molar-refractivity contribution in [3.63, 3.8) is 0 Å². The maximum atomic E-state index is 12.4. The molecule has 42 heavy (non-hydrogen) atoms. The molecule has 10 nitrogen and oxygen atoms in total. The lowest BCUT2D eigenvalue weighted by Gasteiger charge is -2.29. The molecule has 2 aromatic carbocycles. The average Bonchev–Trinajstić information content (AvgIpc) is 3.00. The summed E-state index contributed by atoms with van der Waals surface area (Å²) in [6.07, 6.45) is 7.55. The highest BCUT2D eigenvalue weighted by molar-refractivity contribution is 5.93. The minimum Gasteiger partial charge on any atom is -0.462 e. The Hall–Kier alpha value is -4.08. The van der Waals surface area contributed by atoms with Crippen molar-refractivity contribution in [3.05, 3.63) is 59.7 Å². The van der Waals surface area contributed by atoms with Gasteiger partial charge in [-0.25, -0.2) is 19.2 Å². The van der Waals surface area contributed by atoms with Crippen LogP contribution in [0.1, 0.15) is 85.9 Å². The first-order valence-electron chi connectivity index (χ1n) is 15.0. The molecule has 2 aromatic rings. The summed E-state index contributed by atoms with van der Waals surface area (Å²) in [5.74, 6) is -0.0872. The van der Waals surface area contributed by atoms with E-state index in [2.05, 4.69) is 21.3 Å². The van der Waals surface area contributed by atoms with Crippen LogP contribution in [-0.4, -0.2) is 50.3 Å². The number of unbranched alkanes of at least 4 members (excludes halogenated alkanes) is 2. The molecule has 0 aliphatic heterocycles. The number of hydrogen-bond donors (Lipinski definition) is 4. The van der Waals surface area contributed by atoms with Crippen LogP contribution in [-0.2, 0) is 9.47 Å². The Kier molecular flexibility index (Phi) is 13.6. The first kappa shape index (κ1) is 32.4. The number of hydrogen-bond acceptors (Lipinski definition) is 6. The number of amides is 4. The molecule has 1 aliphatic rings. The zero-order valence-corrected chi connectivity index (χ0v) is 24.7. The van der Waals surface area contributed by atoms with Gasteiger partial charge in [0.05, 0.1) is 24.3 Å². The number of esters is 2. The van der Waals surface area contributed by atoms with E-state index in [1.54, 1.807) is 48.5 Å². The second-order valence-corrected chi connectivity index (χ2v) is 10.7. The molecule has 1 fully saturated rings. The van der Waals surface area contributed by atoms with Gasteiger partial charge in [0.1, 0.15) is 0 Å². The lowest BCUT2D eigenvalue weighted by atomic mass is 9.81. The number of rotatable bonds is 14. The Morgan fingerprint density at radius 2 is 1.07 bits per heavy atom. The van der Waals surface area contributed by atoms with Crippen LogP contribution in [0.15, 0.2) is 48.5 Å². The zero-order chi connectivity index (χ0) is 30.2. The van der Waals surface area contributed by atoms with E-state index in [0.717, 1.165) is 51.4 Å². The predicted molar refractivity (Wildman–Crippen MR) is 163 cm³/mol. The average molecular weight is 581 g/mol. The van der Waals surface area contributed by atoms with Gasteiger partial charge in [-0.15, -0.1) is 0 Å². The van der Waals surface area contributed by atoms with Crippen molar-refractivity contribution < 1.29 is 28.7 Å². The second kappa shape index (κ2) is 17.7. The number of benzene rings is 2. The lowest BCUT2D eigenvalue weighted by molar-refractivity contribution is 0.0490. The van der Waals surface area contributed by atoms with Gasteiger partial charge in [-0.1, -0.05) is 33.1 Å². The van der Waals surface area contributed by atoms with Crippen LogP contribution in [0.4, 0.5) is 21.0 Å². The summed E-state index contributed by atoms with van der Waals surface area (Å²) >= 11 is 0. The molecule has 4 amide bonds. The van der Waals surface area contributed by atoms with Crippen LogP contribution >= 0.6 is 0 Å². The Bertz CT molecular complexity index is 1060. The van der Waals surface area contributed by atoms with Crippen molar-refractivity contribution in [2.24, 2.45) is 11.8 Å². The van der Waals surface area contributed by atoms with Crippen molar-refractivity contribution in [1.29, 1.82) is 0 Å². The van der Waals surface area contributed by atoms with Gasteiger partial charge in [-0.3, -0.25) is 0 Å². The SMILES string of the molecule is CCCCOC(=O)c1ccc(NC(=O)NC[C@H]2CCC[C@@H](CNC(=O)Nc3ccc(C(=O)OCCCC)cc3)C2)cc1. The summed E-state index contributed by atoms with van der Waals surface area (Å²) in [6, 6.07) is 12.7. The highest BCUT2D eigenvalue weighted by atomic mass is 16.5. The monoisotopic (exact) mass is 580 g/mol. The van der Waals surface area contributed by atoms with Gasteiger partial charge in [0, 0.05) is 24.5 Å². The highest BCUT2D eigenvalue weighted by Crippen LogP contribution is 2.28. The first-order chi connectivity index (χ1) is 20.4. The maximum Gasteiger partial charge on any atom is 0.338 e. The third-order valence-corrected chi connectivity index (χ3v) is 7.21. The molecule has 0 bridgehead atoms. The van der Waals surface area contributed by atoms with Crippen LogP contribution < -0.4 is 21.3 Å². The zero-order valence-electron chi connectivity index (χ0n) is 24.7. The van der Waals surface area contributed by atoms with E-state index in [9.17, 15) is 19.2 Å². The molecular weight excluding hydrogens is 536 g/mol. The van der Waals surface area contributed by atoms with Crippen LogP contribution in [0.5, 0.6) is 0 Å². The van der Waals surface area contributed by atoms with Crippen molar-refractivity contribution in [1.82, 2.24) is 10.6 Å². The highest BCUT2D eigenvalue weighted by Gasteiger charge is 2.23. The molecule has 0 saturated heterocycles. The smallest absolute Gasteiger partial charge is 0.338 e. The molecule has 0 spiro atoms. The van der Waals surface area contributed by atoms with Crippen LogP contribution in [0.2, 0.25) is 0 Å². The van der Waals surface area contributed by atoms with Gasteiger partial charge in [-0.05, 0) is 92.5 Å². The third-order valence-electron chi connectivity index (χ3n) is 7.21. The molecular formula is C32H44N4O6. The fourth-order valence-electron chi connectivity index (χ4n) is 4.76.